The highest BCUT2D eigenvalue weighted by molar-refractivity contribution is 5.96. The summed E-state index contributed by atoms with van der Waals surface area (Å²) in [5, 5.41) is 2.88. The first kappa shape index (κ1) is 8.87. The fourth-order valence-electron chi connectivity index (χ4n) is 1.21. The molecule has 0 aromatic heterocycles. The molecule has 0 radical (unpaired) electrons. The van der Waals surface area contributed by atoms with Gasteiger partial charge in [-0.15, -0.1) is 0 Å². The van der Waals surface area contributed by atoms with Gasteiger partial charge < -0.3 is 16.8 Å². The van der Waals surface area contributed by atoms with Crippen LogP contribution in [0.15, 0.2) is 18.2 Å². The number of carbonyl (C=O) groups is 1. The maximum Gasteiger partial charge on any atom is 0.251 e. The summed E-state index contributed by atoms with van der Waals surface area (Å²) in [6.07, 6.45) is 2.16. The Morgan fingerprint density at radius 2 is 2.00 bits per heavy atom. The van der Waals surface area contributed by atoms with E-state index in [1.807, 2.05) is 0 Å². The van der Waals surface area contributed by atoms with Crippen LogP contribution in [0.4, 0.5) is 11.4 Å². The minimum absolute atomic E-state index is 0.0702. The number of amides is 1. The standard InChI is InChI=1S/C10H13N3O/c11-8-4-1-6(5-9(8)12)10(14)13-7-2-3-7/h1,4-5,7H,2-3,11-12H2,(H,13,14). The van der Waals surface area contributed by atoms with Gasteiger partial charge in [-0.3, -0.25) is 4.79 Å². The maximum absolute atomic E-state index is 11.6. The van der Waals surface area contributed by atoms with E-state index in [1.54, 1.807) is 18.2 Å². The number of carbonyl (C=O) groups excluding carboxylic acids is 1. The average molecular weight is 191 g/mol. The van der Waals surface area contributed by atoms with E-state index in [2.05, 4.69) is 5.32 Å². The van der Waals surface area contributed by atoms with Gasteiger partial charge in [0.25, 0.3) is 5.91 Å². The molecule has 0 aliphatic heterocycles. The molecule has 1 aliphatic rings. The van der Waals surface area contributed by atoms with E-state index in [-0.39, 0.29) is 5.91 Å². The quantitative estimate of drug-likeness (QED) is 0.603. The second kappa shape index (κ2) is 3.21. The molecule has 1 amide bonds. The molecule has 1 fully saturated rings. The van der Waals surface area contributed by atoms with E-state index in [0.29, 0.717) is 23.0 Å². The first-order valence-corrected chi connectivity index (χ1v) is 4.62. The van der Waals surface area contributed by atoms with Crippen LogP contribution in [0.2, 0.25) is 0 Å². The Morgan fingerprint density at radius 3 is 2.57 bits per heavy atom. The molecule has 1 aromatic carbocycles. The lowest BCUT2D eigenvalue weighted by Crippen LogP contribution is -2.25. The largest absolute Gasteiger partial charge is 0.397 e. The number of benzene rings is 1. The highest BCUT2D eigenvalue weighted by Crippen LogP contribution is 2.20. The van der Waals surface area contributed by atoms with Crippen LogP contribution >= 0.6 is 0 Å². The molecule has 1 saturated carbocycles. The van der Waals surface area contributed by atoms with Crippen molar-refractivity contribution in [2.75, 3.05) is 11.5 Å². The van der Waals surface area contributed by atoms with Gasteiger partial charge in [-0.1, -0.05) is 0 Å². The third kappa shape index (κ3) is 1.79. The van der Waals surface area contributed by atoms with E-state index in [4.69, 9.17) is 11.5 Å². The molecule has 74 valence electrons. The molecule has 0 heterocycles. The molecule has 5 N–H and O–H groups in total. The van der Waals surface area contributed by atoms with Crippen molar-refractivity contribution < 1.29 is 4.79 Å². The second-order valence-electron chi connectivity index (χ2n) is 3.59. The maximum atomic E-state index is 11.6. The van der Waals surface area contributed by atoms with Crippen LogP contribution in [0, 0.1) is 0 Å². The highest BCUT2D eigenvalue weighted by atomic mass is 16.1. The van der Waals surface area contributed by atoms with Gasteiger partial charge in [0.2, 0.25) is 0 Å². The zero-order valence-corrected chi connectivity index (χ0v) is 7.79. The summed E-state index contributed by atoms with van der Waals surface area (Å²) >= 11 is 0. The third-order valence-corrected chi connectivity index (χ3v) is 2.26. The predicted octanol–water partition coefficient (Wildman–Crippen LogP) is 0.743. The fourth-order valence-corrected chi connectivity index (χ4v) is 1.21. The Morgan fingerprint density at radius 1 is 1.29 bits per heavy atom. The van der Waals surface area contributed by atoms with Crippen LogP contribution in [0.3, 0.4) is 0 Å². The molecule has 0 unspecified atom stereocenters. The van der Waals surface area contributed by atoms with Crippen LogP contribution in [0.25, 0.3) is 0 Å². The smallest absolute Gasteiger partial charge is 0.251 e. The molecule has 4 heteroatoms. The summed E-state index contributed by atoms with van der Waals surface area (Å²) in [7, 11) is 0. The van der Waals surface area contributed by atoms with E-state index in [1.165, 1.54) is 0 Å². The Balaban J connectivity index is 2.14. The molecule has 0 bridgehead atoms. The van der Waals surface area contributed by atoms with Gasteiger partial charge in [0, 0.05) is 11.6 Å². The summed E-state index contributed by atoms with van der Waals surface area (Å²) in [6.45, 7) is 0. The summed E-state index contributed by atoms with van der Waals surface area (Å²) in [5.41, 5.74) is 12.7. The van der Waals surface area contributed by atoms with Crippen molar-refractivity contribution in [1.82, 2.24) is 5.32 Å². The molecular formula is C10H13N3O. The average Bonchev–Trinajstić information content (AvgIpc) is 2.93. The Bertz CT molecular complexity index is 372. The van der Waals surface area contributed by atoms with Crippen molar-refractivity contribution in [1.29, 1.82) is 0 Å². The molecule has 0 spiro atoms. The van der Waals surface area contributed by atoms with E-state index in [9.17, 15) is 4.79 Å². The molecule has 0 atom stereocenters. The molecule has 0 saturated heterocycles. The molecule has 2 rings (SSSR count). The van der Waals surface area contributed by atoms with Crippen molar-refractivity contribution in [3.05, 3.63) is 23.8 Å². The Labute approximate surface area is 82.3 Å². The van der Waals surface area contributed by atoms with E-state index >= 15 is 0 Å². The topological polar surface area (TPSA) is 81.1 Å². The Hall–Kier alpha value is -1.71. The number of nitrogens with one attached hydrogen (secondary N) is 1. The van der Waals surface area contributed by atoms with Crippen LogP contribution in [0.5, 0.6) is 0 Å². The molecular weight excluding hydrogens is 178 g/mol. The number of hydrogen-bond donors (Lipinski definition) is 3. The predicted molar refractivity (Wildman–Crippen MR) is 55.8 cm³/mol. The van der Waals surface area contributed by atoms with E-state index < -0.39 is 0 Å². The lowest BCUT2D eigenvalue weighted by molar-refractivity contribution is 0.0951. The first-order chi connectivity index (χ1) is 6.66. The van der Waals surface area contributed by atoms with Crippen molar-refractivity contribution in [3.63, 3.8) is 0 Å². The van der Waals surface area contributed by atoms with E-state index in [0.717, 1.165) is 12.8 Å². The monoisotopic (exact) mass is 191 g/mol. The summed E-state index contributed by atoms with van der Waals surface area (Å²) in [4.78, 5) is 11.6. The van der Waals surface area contributed by atoms with Crippen LogP contribution in [-0.2, 0) is 0 Å². The highest BCUT2D eigenvalue weighted by Gasteiger charge is 2.23. The second-order valence-corrected chi connectivity index (χ2v) is 3.59. The molecule has 14 heavy (non-hydrogen) atoms. The third-order valence-electron chi connectivity index (χ3n) is 2.26. The fraction of sp³-hybridized carbons (Fsp3) is 0.300. The molecule has 4 nitrogen and oxygen atoms in total. The summed E-state index contributed by atoms with van der Waals surface area (Å²) < 4.78 is 0. The van der Waals surface area contributed by atoms with Crippen LogP contribution in [0.1, 0.15) is 23.2 Å². The Kier molecular flexibility index (Phi) is 2.04. The zero-order chi connectivity index (χ0) is 10.1. The first-order valence-electron chi connectivity index (χ1n) is 4.62. The van der Waals surface area contributed by atoms with Crippen molar-refractivity contribution in [2.24, 2.45) is 0 Å². The summed E-state index contributed by atoms with van der Waals surface area (Å²) in [6, 6.07) is 5.30. The van der Waals surface area contributed by atoms with Crippen molar-refractivity contribution in [3.8, 4) is 0 Å². The van der Waals surface area contributed by atoms with Gasteiger partial charge in [0.1, 0.15) is 0 Å². The lowest BCUT2D eigenvalue weighted by Gasteiger charge is -2.05. The number of nitrogens with two attached hydrogens (primary N) is 2. The normalized spacial score (nSPS) is 15.1. The van der Waals surface area contributed by atoms with Crippen molar-refractivity contribution >= 4 is 17.3 Å². The van der Waals surface area contributed by atoms with Gasteiger partial charge in [0.15, 0.2) is 0 Å². The minimum Gasteiger partial charge on any atom is -0.397 e. The SMILES string of the molecule is Nc1ccc(C(=O)NC2CC2)cc1N. The molecule has 1 aliphatic carbocycles. The number of rotatable bonds is 2. The van der Waals surface area contributed by atoms with Gasteiger partial charge in [-0.25, -0.2) is 0 Å². The lowest BCUT2D eigenvalue weighted by atomic mass is 10.1. The van der Waals surface area contributed by atoms with Gasteiger partial charge in [0.05, 0.1) is 11.4 Å². The number of nitrogen functional groups attached to an aromatic ring is 2. The van der Waals surface area contributed by atoms with Gasteiger partial charge >= 0.3 is 0 Å². The van der Waals surface area contributed by atoms with Crippen molar-refractivity contribution in [2.45, 2.75) is 18.9 Å². The summed E-state index contributed by atoms with van der Waals surface area (Å²) in [5.74, 6) is -0.0702. The number of hydrogen-bond acceptors (Lipinski definition) is 3. The number of anilines is 2. The molecule has 1 aromatic rings. The van der Waals surface area contributed by atoms with Crippen LogP contribution in [-0.4, -0.2) is 11.9 Å². The van der Waals surface area contributed by atoms with Gasteiger partial charge in [-0.2, -0.15) is 0 Å². The van der Waals surface area contributed by atoms with Gasteiger partial charge in [-0.05, 0) is 31.0 Å². The minimum atomic E-state index is -0.0702. The zero-order valence-electron chi connectivity index (χ0n) is 7.79. The van der Waals surface area contributed by atoms with Crippen LogP contribution < -0.4 is 16.8 Å².